The summed E-state index contributed by atoms with van der Waals surface area (Å²) in [6.45, 7) is 0. The summed E-state index contributed by atoms with van der Waals surface area (Å²) in [5.74, 6) is 0. The van der Waals surface area contributed by atoms with E-state index in [9.17, 15) is 0 Å². The van der Waals surface area contributed by atoms with Gasteiger partial charge in [0.25, 0.3) is 0 Å². The third-order valence-corrected chi connectivity index (χ3v) is 2.87. The maximum absolute atomic E-state index is 3.98. The molecule has 0 unspecified atom stereocenters. The minimum absolute atomic E-state index is 0.884. The third kappa shape index (κ3) is 1.58. The normalized spacial score (nSPS) is 10.1. The quantitative estimate of drug-likeness (QED) is 0.749. The molecule has 0 aliphatic heterocycles. The summed E-state index contributed by atoms with van der Waals surface area (Å²) in [5, 5.41) is 16.2. The Bertz CT molecular complexity index is 374. The van der Waals surface area contributed by atoms with E-state index in [-0.39, 0.29) is 0 Å². The van der Waals surface area contributed by atoms with Gasteiger partial charge in [-0.1, -0.05) is 11.3 Å². The van der Waals surface area contributed by atoms with Crippen molar-refractivity contribution >= 4 is 33.9 Å². The molecule has 0 atom stereocenters. The number of hydrogen-bond donors (Lipinski definition) is 0. The maximum Gasteiger partial charge on any atom is 0.178 e. The molecule has 0 saturated heterocycles. The second-order valence-electron chi connectivity index (χ2n) is 1.99. The van der Waals surface area contributed by atoms with Crippen LogP contribution in [0.15, 0.2) is 18.5 Å². The molecule has 2 heterocycles. The second kappa shape index (κ2) is 3.40. The van der Waals surface area contributed by atoms with Crippen molar-refractivity contribution in [3.05, 3.63) is 21.5 Å². The van der Waals surface area contributed by atoms with Crippen LogP contribution in [0.5, 0.6) is 0 Å². The van der Waals surface area contributed by atoms with E-state index in [1.54, 1.807) is 12.4 Å². The Morgan fingerprint density at radius 2 is 2.17 bits per heavy atom. The average Bonchev–Trinajstić information content (AvgIpc) is 2.54. The summed E-state index contributed by atoms with van der Waals surface area (Å²) in [7, 11) is 0. The lowest BCUT2D eigenvalue weighted by atomic mass is 10.3. The predicted molar refractivity (Wildman–Crippen MR) is 53.7 cm³/mol. The van der Waals surface area contributed by atoms with Crippen molar-refractivity contribution in [3.8, 4) is 10.6 Å². The molecule has 12 heavy (non-hydrogen) atoms. The van der Waals surface area contributed by atoms with Gasteiger partial charge in [0.05, 0.1) is 12.4 Å². The SMILES string of the molecule is Ic1nnc(-c2ccnnc2)s1. The smallest absolute Gasteiger partial charge is 0.159 e. The van der Waals surface area contributed by atoms with Crippen molar-refractivity contribution in [2.24, 2.45) is 0 Å². The summed E-state index contributed by atoms with van der Waals surface area (Å²) in [6, 6.07) is 1.86. The van der Waals surface area contributed by atoms with Gasteiger partial charge in [0.15, 0.2) is 3.01 Å². The molecule has 2 rings (SSSR count). The van der Waals surface area contributed by atoms with Crippen LogP contribution < -0.4 is 0 Å². The van der Waals surface area contributed by atoms with Crippen LogP contribution in [0.2, 0.25) is 0 Å². The second-order valence-corrected chi connectivity index (χ2v) is 4.72. The molecule has 4 nitrogen and oxygen atoms in total. The summed E-state index contributed by atoms with van der Waals surface area (Å²) in [5.41, 5.74) is 0.963. The molecule has 2 aromatic rings. The van der Waals surface area contributed by atoms with E-state index in [0.29, 0.717) is 0 Å². The molecule has 0 aliphatic carbocycles. The van der Waals surface area contributed by atoms with E-state index in [2.05, 4.69) is 43.0 Å². The van der Waals surface area contributed by atoms with Gasteiger partial charge in [-0.25, -0.2) is 0 Å². The van der Waals surface area contributed by atoms with E-state index < -0.39 is 0 Å². The first-order chi connectivity index (χ1) is 5.86. The van der Waals surface area contributed by atoms with Crippen LogP contribution in [0.25, 0.3) is 10.6 Å². The third-order valence-electron chi connectivity index (χ3n) is 1.23. The van der Waals surface area contributed by atoms with Crippen molar-refractivity contribution in [1.29, 1.82) is 0 Å². The Kier molecular flexibility index (Phi) is 2.26. The molecule has 0 amide bonds. The van der Waals surface area contributed by atoms with Crippen LogP contribution in [0.4, 0.5) is 0 Å². The molecule has 0 saturated carbocycles. The van der Waals surface area contributed by atoms with Crippen LogP contribution in [-0.4, -0.2) is 20.4 Å². The molecular weight excluding hydrogens is 287 g/mol. The molecule has 0 radical (unpaired) electrons. The molecule has 0 aliphatic rings. The van der Waals surface area contributed by atoms with E-state index >= 15 is 0 Å². The van der Waals surface area contributed by atoms with Gasteiger partial charge in [-0.2, -0.15) is 10.2 Å². The molecule has 0 bridgehead atoms. The fourth-order valence-corrected chi connectivity index (χ4v) is 2.03. The summed E-state index contributed by atoms with van der Waals surface area (Å²) in [6.07, 6.45) is 3.32. The highest BCUT2D eigenvalue weighted by molar-refractivity contribution is 14.1. The molecule has 60 valence electrons. The molecule has 2 aromatic heterocycles. The Hall–Kier alpha value is -0.630. The van der Waals surface area contributed by atoms with Gasteiger partial charge >= 0.3 is 0 Å². The molecule has 6 heteroatoms. The lowest BCUT2D eigenvalue weighted by Gasteiger charge is -1.89. The van der Waals surface area contributed by atoms with Crippen LogP contribution >= 0.6 is 33.9 Å². The lowest BCUT2D eigenvalue weighted by molar-refractivity contribution is 1.02. The van der Waals surface area contributed by atoms with Crippen molar-refractivity contribution in [2.75, 3.05) is 0 Å². The van der Waals surface area contributed by atoms with Gasteiger partial charge in [0, 0.05) is 5.56 Å². The van der Waals surface area contributed by atoms with Crippen molar-refractivity contribution in [3.63, 3.8) is 0 Å². The highest BCUT2D eigenvalue weighted by atomic mass is 127. The number of rotatable bonds is 1. The monoisotopic (exact) mass is 290 g/mol. The number of aromatic nitrogens is 4. The van der Waals surface area contributed by atoms with E-state index in [0.717, 1.165) is 13.6 Å². The predicted octanol–water partition coefficient (Wildman–Crippen LogP) is 1.60. The standard InChI is InChI=1S/C6H3IN4S/c7-6-11-10-5(12-6)4-1-2-8-9-3-4/h1-3H. The minimum Gasteiger partial charge on any atom is -0.159 e. The van der Waals surface area contributed by atoms with Gasteiger partial charge in [0.2, 0.25) is 0 Å². The van der Waals surface area contributed by atoms with E-state index in [1.807, 2.05) is 6.07 Å². The lowest BCUT2D eigenvalue weighted by Crippen LogP contribution is -1.80. The molecular formula is C6H3IN4S. The zero-order valence-corrected chi connectivity index (χ0v) is 8.78. The van der Waals surface area contributed by atoms with Gasteiger partial charge in [-0.05, 0) is 28.7 Å². The molecule has 0 aromatic carbocycles. The average molecular weight is 290 g/mol. The number of nitrogens with zero attached hydrogens (tertiary/aromatic N) is 4. The Morgan fingerprint density at radius 1 is 1.25 bits per heavy atom. The van der Waals surface area contributed by atoms with Crippen LogP contribution in [0, 0.1) is 3.01 Å². The first kappa shape index (κ1) is 7.99. The summed E-state index contributed by atoms with van der Waals surface area (Å²) < 4.78 is 0.930. The van der Waals surface area contributed by atoms with Gasteiger partial charge in [-0.15, -0.1) is 10.2 Å². The molecule has 0 spiro atoms. The van der Waals surface area contributed by atoms with Crippen LogP contribution in [-0.2, 0) is 0 Å². The number of hydrogen-bond acceptors (Lipinski definition) is 5. The Morgan fingerprint density at radius 3 is 2.75 bits per heavy atom. The topological polar surface area (TPSA) is 51.6 Å². The van der Waals surface area contributed by atoms with Crippen molar-refractivity contribution < 1.29 is 0 Å². The van der Waals surface area contributed by atoms with Gasteiger partial charge < -0.3 is 0 Å². The van der Waals surface area contributed by atoms with E-state index in [4.69, 9.17) is 0 Å². The fraction of sp³-hybridized carbons (Fsp3) is 0. The molecule has 0 N–H and O–H groups in total. The largest absolute Gasteiger partial charge is 0.178 e. The molecule has 0 fully saturated rings. The van der Waals surface area contributed by atoms with Gasteiger partial charge in [-0.3, -0.25) is 0 Å². The zero-order chi connectivity index (χ0) is 8.39. The first-order valence-electron chi connectivity index (χ1n) is 3.12. The Balaban J connectivity index is 2.45. The number of halogens is 1. The van der Waals surface area contributed by atoms with Gasteiger partial charge in [0.1, 0.15) is 5.01 Å². The fourth-order valence-electron chi connectivity index (χ4n) is 0.739. The summed E-state index contributed by atoms with van der Waals surface area (Å²) in [4.78, 5) is 0. The highest BCUT2D eigenvalue weighted by Gasteiger charge is 2.03. The van der Waals surface area contributed by atoms with Crippen molar-refractivity contribution in [1.82, 2.24) is 20.4 Å². The zero-order valence-electron chi connectivity index (χ0n) is 5.81. The van der Waals surface area contributed by atoms with Crippen LogP contribution in [0.1, 0.15) is 0 Å². The van der Waals surface area contributed by atoms with Crippen molar-refractivity contribution in [2.45, 2.75) is 0 Å². The Labute approximate surface area is 86.2 Å². The minimum atomic E-state index is 0.884. The van der Waals surface area contributed by atoms with Crippen LogP contribution in [0.3, 0.4) is 0 Å². The first-order valence-corrected chi connectivity index (χ1v) is 5.02. The van der Waals surface area contributed by atoms with E-state index in [1.165, 1.54) is 11.3 Å². The summed E-state index contributed by atoms with van der Waals surface area (Å²) >= 11 is 3.67. The maximum atomic E-state index is 3.98. The highest BCUT2D eigenvalue weighted by Crippen LogP contribution is 2.22.